The lowest BCUT2D eigenvalue weighted by Crippen LogP contribution is -2.35. The largest absolute Gasteiger partial charge is 0.497 e. The van der Waals surface area contributed by atoms with Crippen LogP contribution >= 0.6 is 0 Å². The van der Waals surface area contributed by atoms with Crippen LogP contribution in [0.5, 0.6) is 11.5 Å². The molecule has 114 valence electrons. The molecule has 5 nitrogen and oxygen atoms in total. The van der Waals surface area contributed by atoms with Gasteiger partial charge in [0.15, 0.2) is 0 Å². The van der Waals surface area contributed by atoms with Crippen LogP contribution in [0.2, 0.25) is 0 Å². The first-order chi connectivity index (χ1) is 10.8. The maximum absolute atomic E-state index is 12.0. The molecule has 2 heterocycles. The topological polar surface area (TPSA) is 60.5 Å². The van der Waals surface area contributed by atoms with E-state index in [9.17, 15) is 4.79 Å². The highest BCUT2D eigenvalue weighted by atomic mass is 16.5. The van der Waals surface area contributed by atoms with Gasteiger partial charge in [0, 0.05) is 24.7 Å². The minimum absolute atomic E-state index is 0.152. The number of aromatic nitrogens is 1. The number of pyridine rings is 1. The second-order valence-corrected chi connectivity index (χ2v) is 5.28. The van der Waals surface area contributed by atoms with Gasteiger partial charge in [0.25, 0.3) is 5.91 Å². The smallest absolute Gasteiger partial charge is 0.269 e. The summed E-state index contributed by atoms with van der Waals surface area (Å²) in [5, 5.41) is 2.92. The molecule has 1 atom stereocenters. The Kier molecular flexibility index (Phi) is 4.23. The van der Waals surface area contributed by atoms with Crippen LogP contribution < -0.4 is 14.8 Å². The normalized spacial score (nSPS) is 16.3. The predicted octanol–water partition coefficient (Wildman–Crippen LogP) is 2.07. The van der Waals surface area contributed by atoms with Crippen LogP contribution in [0.3, 0.4) is 0 Å². The maximum atomic E-state index is 12.0. The van der Waals surface area contributed by atoms with Gasteiger partial charge in [-0.05, 0) is 30.2 Å². The van der Waals surface area contributed by atoms with Crippen LogP contribution in [0.25, 0.3) is 0 Å². The maximum Gasteiger partial charge on any atom is 0.269 e. The summed E-state index contributed by atoms with van der Waals surface area (Å²) in [6, 6.07) is 11.1. The monoisotopic (exact) mass is 298 g/mol. The summed E-state index contributed by atoms with van der Waals surface area (Å²) in [4.78, 5) is 16.0. The van der Waals surface area contributed by atoms with E-state index in [1.165, 1.54) is 0 Å². The Hall–Kier alpha value is -2.56. The first-order valence-electron chi connectivity index (χ1n) is 7.25. The quantitative estimate of drug-likeness (QED) is 0.938. The third-order valence-electron chi connectivity index (χ3n) is 3.71. The summed E-state index contributed by atoms with van der Waals surface area (Å²) in [5.41, 5.74) is 1.58. The van der Waals surface area contributed by atoms with E-state index in [0.717, 1.165) is 23.5 Å². The number of benzene rings is 1. The highest BCUT2D eigenvalue weighted by Crippen LogP contribution is 2.30. The van der Waals surface area contributed by atoms with E-state index < -0.39 is 0 Å². The van der Waals surface area contributed by atoms with E-state index in [1.807, 2.05) is 18.2 Å². The zero-order valence-corrected chi connectivity index (χ0v) is 12.4. The van der Waals surface area contributed by atoms with Gasteiger partial charge in [0.2, 0.25) is 0 Å². The summed E-state index contributed by atoms with van der Waals surface area (Å²) in [7, 11) is 1.64. The summed E-state index contributed by atoms with van der Waals surface area (Å²) < 4.78 is 11.0. The van der Waals surface area contributed by atoms with Gasteiger partial charge in [-0.1, -0.05) is 12.1 Å². The lowest BCUT2D eigenvalue weighted by molar-refractivity contribution is 0.0934. The van der Waals surface area contributed by atoms with Crippen molar-refractivity contribution in [3.63, 3.8) is 0 Å². The lowest BCUT2D eigenvalue weighted by atomic mass is 9.96. The van der Waals surface area contributed by atoms with Crippen molar-refractivity contribution >= 4 is 5.91 Å². The molecule has 1 aromatic heterocycles. The van der Waals surface area contributed by atoms with Crippen molar-refractivity contribution in [2.45, 2.75) is 6.42 Å². The molecule has 0 fully saturated rings. The van der Waals surface area contributed by atoms with Crippen molar-refractivity contribution in [2.75, 3.05) is 20.3 Å². The molecular formula is C17H18N2O3. The van der Waals surface area contributed by atoms with Gasteiger partial charge < -0.3 is 14.8 Å². The van der Waals surface area contributed by atoms with E-state index in [-0.39, 0.29) is 11.8 Å². The van der Waals surface area contributed by atoms with Crippen molar-refractivity contribution in [3.05, 3.63) is 53.9 Å². The zero-order valence-electron chi connectivity index (χ0n) is 12.4. The molecule has 0 radical (unpaired) electrons. The average Bonchev–Trinajstić information content (AvgIpc) is 2.59. The van der Waals surface area contributed by atoms with Crippen LogP contribution in [0.1, 0.15) is 16.1 Å². The Balaban J connectivity index is 1.58. The summed E-state index contributed by atoms with van der Waals surface area (Å²) >= 11 is 0. The summed E-state index contributed by atoms with van der Waals surface area (Å²) in [6.07, 6.45) is 2.49. The molecule has 1 N–H and O–H groups in total. The lowest BCUT2D eigenvalue weighted by Gasteiger charge is -2.25. The van der Waals surface area contributed by atoms with Crippen LogP contribution in [-0.2, 0) is 6.42 Å². The van der Waals surface area contributed by atoms with Gasteiger partial charge in [0.05, 0.1) is 13.7 Å². The Morgan fingerprint density at radius 2 is 2.32 bits per heavy atom. The number of rotatable bonds is 4. The first kappa shape index (κ1) is 14.4. The molecule has 5 heteroatoms. The second kappa shape index (κ2) is 6.47. The number of fused-ring (bicyclic) bond motifs is 1. The van der Waals surface area contributed by atoms with Gasteiger partial charge in [-0.25, -0.2) is 0 Å². The molecule has 22 heavy (non-hydrogen) atoms. The minimum atomic E-state index is -0.152. The molecule has 0 saturated carbocycles. The number of methoxy groups -OCH3 is 1. The molecule has 1 aliphatic heterocycles. The molecule has 0 spiro atoms. The van der Waals surface area contributed by atoms with Gasteiger partial charge in [-0.2, -0.15) is 0 Å². The minimum Gasteiger partial charge on any atom is -0.497 e. The van der Waals surface area contributed by atoms with Crippen LogP contribution in [-0.4, -0.2) is 31.2 Å². The Labute approximate surface area is 129 Å². The van der Waals surface area contributed by atoms with Crippen LogP contribution in [0.15, 0.2) is 42.6 Å². The fraction of sp³-hybridized carbons (Fsp3) is 0.294. The molecule has 0 aliphatic carbocycles. The Bertz CT molecular complexity index is 658. The van der Waals surface area contributed by atoms with E-state index in [0.29, 0.717) is 18.8 Å². The fourth-order valence-electron chi connectivity index (χ4n) is 2.50. The highest BCUT2D eigenvalue weighted by molar-refractivity contribution is 5.92. The SMILES string of the molecule is COc1ccc2c(c1)OCC(CNC(=O)c1ccccn1)C2. The summed E-state index contributed by atoms with van der Waals surface area (Å²) in [5.74, 6) is 1.77. The van der Waals surface area contributed by atoms with E-state index >= 15 is 0 Å². The molecule has 1 aliphatic rings. The van der Waals surface area contributed by atoms with Gasteiger partial charge in [-0.3, -0.25) is 9.78 Å². The molecule has 1 unspecified atom stereocenters. The number of hydrogen-bond donors (Lipinski definition) is 1. The predicted molar refractivity (Wildman–Crippen MR) is 82.3 cm³/mol. The number of nitrogens with one attached hydrogen (secondary N) is 1. The summed E-state index contributed by atoms with van der Waals surface area (Å²) in [6.45, 7) is 1.16. The van der Waals surface area contributed by atoms with E-state index in [4.69, 9.17) is 9.47 Å². The second-order valence-electron chi connectivity index (χ2n) is 5.28. The molecule has 2 aromatic rings. The number of amides is 1. The number of hydrogen-bond acceptors (Lipinski definition) is 4. The molecule has 0 bridgehead atoms. The van der Waals surface area contributed by atoms with Crippen molar-refractivity contribution < 1.29 is 14.3 Å². The van der Waals surface area contributed by atoms with Crippen LogP contribution in [0, 0.1) is 5.92 Å². The molecule has 1 amide bonds. The molecule has 1 aromatic carbocycles. The van der Waals surface area contributed by atoms with Crippen molar-refractivity contribution in [3.8, 4) is 11.5 Å². The first-order valence-corrected chi connectivity index (χ1v) is 7.25. The van der Waals surface area contributed by atoms with Crippen molar-refractivity contribution in [2.24, 2.45) is 5.92 Å². The molecule has 3 rings (SSSR count). The third kappa shape index (κ3) is 3.19. The standard InChI is InChI=1S/C17H18N2O3/c1-21-14-6-5-13-8-12(11-22-16(13)9-14)10-19-17(20)15-4-2-3-7-18-15/h2-7,9,12H,8,10-11H2,1H3,(H,19,20). The average molecular weight is 298 g/mol. The molecule has 0 saturated heterocycles. The zero-order chi connectivity index (χ0) is 15.4. The van der Waals surface area contributed by atoms with Gasteiger partial charge in [-0.15, -0.1) is 0 Å². The van der Waals surface area contributed by atoms with E-state index in [1.54, 1.807) is 31.5 Å². The van der Waals surface area contributed by atoms with Crippen molar-refractivity contribution in [1.29, 1.82) is 0 Å². The third-order valence-corrected chi connectivity index (χ3v) is 3.71. The molecular weight excluding hydrogens is 280 g/mol. The number of ether oxygens (including phenoxy) is 2. The Morgan fingerprint density at radius 3 is 3.09 bits per heavy atom. The van der Waals surface area contributed by atoms with Gasteiger partial charge in [0.1, 0.15) is 17.2 Å². The van der Waals surface area contributed by atoms with Gasteiger partial charge >= 0.3 is 0 Å². The van der Waals surface area contributed by atoms with E-state index in [2.05, 4.69) is 10.3 Å². The van der Waals surface area contributed by atoms with Crippen LogP contribution in [0.4, 0.5) is 0 Å². The highest BCUT2D eigenvalue weighted by Gasteiger charge is 2.21. The Morgan fingerprint density at radius 1 is 1.41 bits per heavy atom. The fourth-order valence-corrected chi connectivity index (χ4v) is 2.50. The number of carbonyl (C=O) groups excluding carboxylic acids is 1. The number of nitrogens with zero attached hydrogens (tertiary/aromatic N) is 1. The number of carbonyl (C=O) groups is 1. The van der Waals surface area contributed by atoms with Crippen molar-refractivity contribution in [1.82, 2.24) is 10.3 Å².